The highest BCUT2D eigenvalue weighted by Crippen LogP contribution is 2.27. The third-order valence-corrected chi connectivity index (χ3v) is 3.87. The number of rotatable bonds is 3. The fraction of sp³-hybridized carbons (Fsp3) is 0.444. The summed E-state index contributed by atoms with van der Waals surface area (Å²) in [5.74, 6) is 0.827. The second kappa shape index (κ2) is 3.96. The highest BCUT2D eigenvalue weighted by atomic mass is 127. The molecule has 1 aromatic heterocycles. The van der Waals surface area contributed by atoms with Crippen molar-refractivity contribution in [3.05, 3.63) is 19.9 Å². The van der Waals surface area contributed by atoms with Crippen LogP contribution >= 0.6 is 33.9 Å². The average Bonchev–Trinajstić information content (AvgIpc) is 2.84. The van der Waals surface area contributed by atoms with Crippen LogP contribution in [0.1, 0.15) is 23.2 Å². The largest absolute Gasteiger partial charge is 0.352 e. The molecule has 0 aliphatic heterocycles. The number of carbonyl (C=O) groups excluding carboxylic acids is 1. The Hall–Kier alpha value is -0.100. The maximum atomic E-state index is 11.5. The summed E-state index contributed by atoms with van der Waals surface area (Å²) in [6.07, 6.45) is 2.56. The Bertz CT molecular complexity index is 319. The van der Waals surface area contributed by atoms with Gasteiger partial charge in [-0.15, -0.1) is 11.3 Å². The van der Waals surface area contributed by atoms with Crippen molar-refractivity contribution in [3.63, 3.8) is 0 Å². The van der Waals surface area contributed by atoms with E-state index in [1.807, 2.05) is 11.4 Å². The maximum Gasteiger partial charge on any atom is 0.252 e. The van der Waals surface area contributed by atoms with Crippen LogP contribution in [0.4, 0.5) is 0 Å². The zero-order chi connectivity index (χ0) is 9.26. The molecule has 0 spiro atoms. The van der Waals surface area contributed by atoms with Crippen molar-refractivity contribution in [2.45, 2.75) is 12.8 Å². The van der Waals surface area contributed by atoms with Crippen molar-refractivity contribution in [1.29, 1.82) is 0 Å². The molecule has 0 atom stereocenters. The fourth-order valence-corrected chi connectivity index (χ4v) is 2.42. The van der Waals surface area contributed by atoms with Gasteiger partial charge in [-0.25, -0.2) is 0 Å². The van der Waals surface area contributed by atoms with Gasteiger partial charge in [-0.1, -0.05) is 0 Å². The molecule has 0 bridgehead atoms. The molecule has 2 nitrogen and oxygen atoms in total. The van der Waals surface area contributed by atoms with E-state index >= 15 is 0 Å². The van der Waals surface area contributed by atoms with Crippen LogP contribution in [0, 0.1) is 8.80 Å². The van der Waals surface area contributed by atoms with Crippen LogP contribution in [0.5, 0.6) is 0 Å². The van der Waals surface area contributed by atoms with Gasteiger partial charge in [0.1, 0.15) is 0 Å². The van der Waals surface area contributed by atoms with E-state index < -0.39 is 0 Å². The van der Waals surface area contributed by atoms with Crippen LogP contribution < -0.4 is 5.32 Å². The molecule has 4 heteroatoms. The first-order valence-electron chi connectivity index (χ1n) is 4.28. The molecule has 70 valence electrons. The minimum atomic E-state index is 0.0751. The van der Waals surface area contributed by atoms with Gasteiger partial charge in [0.2, 0.25) is 0 Å². The van der Waals surface area contributed by atoms with Gasteiger partial charge in [0, 0.05) is 11.9 Å². The van der Waals surface area contributed by atoms with Crippen LogP contribution in [0.25, 0.3) is 0 Å². The van der Waals surface area contributed by atoms with Crippen LogP contribution in [-0.2, 0) is 0 Å². The first-order chi connectivity index (χ1) is 6.25. The fourth-order valence-electron chi connectivity index (χ4n) is 1.09. The van der Waals surface area contributed by atoms with Crippen molar-refractivity contribution >= 4 is 39.8 Å². The Morgan fingerprint density at radius 1 is 1.69 bits per heavy atom. The van der Waals surface area contributed by atoms with Crippen LogP contribution in [0.15, 0.2) is 11.4 Å². The van der Waals surface area contributed by atoms with Gasteiger partial charge in [-0.2, -0.15) is 0 Å². The summed E-state index contributed by atoms with van der Waals surface area (Å²) in [5, 5.41) is 4.85. The van der Waals surface area contributed by atoms with Crippen molar-refractivity contribution in [2.75, 3.05) is 6.54 Å². The van der Waals surface area contributed by atoms with Gasteiger partial charge < -0.3 is 5.32 Å². The van der Waals surface area contributed by atoms with Gasteiger partial charge in [0.15, 0.2) is 0 Å². The lowest BCUT2D eigenvalue weighted by molar-refractivity contribution is 0.0952. The summed E-state index contributed by atoms with van der Waals surface area (Å²) in [4.78, 5) is 11.5. The van der Waals surface area contributed by atoms with Crippen LogP contribution in [-0.4, -0.2) is 12.5 Å². The molecule has 1 fully saturated rings. The minimum Gasteiger partial charge on any atom is -0.352 e. The summed E-state index contributed by atoms with van der Waals surface area (Å²) in [6, 6.07) is 1.92. The number of hydrogen-bond donors (Lipinski definition) is 1. The average molecular weight is 307 g/mol. The number of nitrogens with one attached hydrogen (secondary N) is 1. The van der Waals surface area contributed by atoms with Gasteiger partial charge in [-0.05, 0) is 47.4 Å². The van der Waals surface area contributed by atoms with Crippen molar-refractivity contribution in [2.24, 2.45) is 5.92 Å². The summed E-state index contributed by atoms with van der Waals surface area (Å²) >= 11 is 3.84. The SMILES string of the molecule is O=C(NCC1CC1)c1csc(I)c1. The van der Waals surface area contributed by atoms with E-state index in [1.54, 1.807) is 11.3 Å². The standard InChI is InChI=1S/C9H10INOS/c10-8-3-7(5-13-8)9(12)11-4-6-1-2-6/h3,5-6H,1-2,4H2,(H,11,12). The summed E-state index contributed by atoms with van der Waals surface area (Å²) < 4.78 is 1.16. The number of halogens is 1. The lowest BCUT2D eigenvalue weighted by Crippen LogP contribution is -2.24. The van der Waals surface area contributed by atoms with E-state index in [4.69, 9.17) is 0 Å². The Labute approximate surface area is 94.9 Å². The second-order valence-corrected chi connectivity index (χ2v) is 6.10. The highest BCUT2D eigenvalue weighted by molar-refractivity contribution is 14.1. The van der Waals surface area contributed by atoms with Crippen molar-refractivity contribution in [1.82, 2.24) is 5.32 Å². The van der Waals surface area contributed by atoms with E-state index in [2.05, 4.69) is 27.9 Å². The number of thiophene rings is 1. The van der Waals surface area contributed by atoms with Gasteiger partial charge in [-0.3, -0.25) is 4.79 Å². The molecule has 13 heavy (non-hydrogen) atoms. The summed E-state index contributed by atoms with van der Waals surface area (Å²) in [6.45, 7) is 0.852. The molecule has 1 amide bonds. The van der Waals surface area contributed by atoms with E-state index in [0.29, 0.717) is 0 Å². The summed E-state index contributed by atoms with van der Waals surface area (Å²) in [7, 11) is 0. The van der Waals surface area contributed by atoms with Gasteiger partial charge >= 0.3 is 0 Å². The molecular weight excluding hydrogens is 297 g/mol. The van der Waals surface area contributed by atoms with Crippen LogP contribution in [0.2, 0.25) is 0 Å². The Kier molecular flexibility index (Phi) is 2.88. The van der Waals surface area contributed by atoms with E-state index in [9.17, 15) is 4.79 Å². The van der Waals surface area contributed by atoms with Crippen molar-refractivity contribution in [3.8, 4) is 0 Å². The molecule has 0 saturated heterocycles. The zero-order valence-electron chi connectivity index (χ0n) is 7.05. The first kappa shape index (κ1) is 9.45. The van der Waals surface area contributed by atoms with E-state index in [1.165, 1.54) is 12.8 Å². The second-order valence-electron chi connectivity index (χ2n) is 3.29. The molecule has 0 unspecified atom stereocenters. The molecule has 0 radical (unpaired) electrons. The molecule has 1 aliphatic carbocycles. The highest BCUT2D eigenvalue weighted by Gasteiger charge is 2.21. The lowest BCUT2D eigenvalue weighted by atomic mass is 10.3. The lowest BCUT2D eigenvalue weighted by Gasteiger charge is -2.00. The summed E-state index contributed by atoms with van der Waals surface area (Å²) in [5.41, 5.74) is 0.801. The molecule has 1 aromatic rings. The molecule has 1 saturated carbocycles. The Balaban J connectivity index is 1.88. The third-order valence-electron chi connectivity index (χ3n) is 2.08. The quantitative estimate of drug-likeness (QED) is 0.854. The van der Waals surface area contributed by atoms with Gasteiger partial charge in [0.25, 0.3) is 5.91 Å². The Morgan fingerprint density at radius 3 is 3.00 bits per heavy atom. The third kappa shape index (κ3) is 2.67. The van der Waals surface area contributed by atoms with Crippen LogP contribution in [0.3, 0.4) is 0 Å². The molecule has 1 aliphatic rings. The van der Waals surface area contributed by atoms with E-state index in [-0.39, 0.29) is 5.91 Å². The molecular formula is C9H10INOS. The normalized spacial score (nSPS) is 15.8. The number of carbonyl (C=O) groups is 1. The minimum absolute atomic E-state index is 0.0751. The van der Waals surface area contributed by atoms with E-state index in [0.717, 1.165) is 20.9 Å². The predicted molar refractivity (Wildman–Crippen MR) is 62.1 cm³/mol. The first-order valence-corrected chi connectivity index (χ1v) is 6.24. The molecule has 0 aromatic carbocycles. The monoisotopic (exact) mass is 307 g/mol. The maximum absolute atomic E-state index is 11.5. The smallest absolute Gasteiger partial charge is 0.252 e. The predicted octanol–water partition coefficient (Wildman–Crippen LogP) is 2.49. The Morgan fingerprint density at radius 2 is 2.46 bits per heavy atom. The van der Waals surface area contributed by atoms with Crippen molar-refractivity contribution < 1.29 is 4.79 Å². The molecule has 1 N–H and O–H groups in total. The molecule has 2 rings (SSSR count). The molecule has 1 heterocycles. The topological polar surface area (TPSA) is 29.1 Å². The number of amides is 1. The number of hydrogen-bond acceptors (Lipinski definition) is 2. The van der Waals surface area contributed by atoms with Gasteiger partial charge in [0.05, 0.1) is 8.45 Å². The zero-order valence-corrected chi connectivity index (χ0v) is 10.0.